The number of benzene rings is 1. The van der Waals surface area contributed by atoms with Crippen LogP contribution in [-0.2, 0) is 7.05 Å². The predicted octanol–water partition coefficient (Wildman–Crippen LogP) is 1.25. The number of fused-ring (bicyclic) bond motifs is 2. The molecule has 1 fully saturated rings. The van der Waals surface area contributed by atoms with E-state index in [9.17, 15) is 9.18 Å². The van der Waals surface area contributed by atoms with Gasteiger partial charge in [-0.2, -0.15) is 9.61 Å². The Kier molecular flexibility index (Phi) is 3.69. The highest BCUT2D eigenvalue weighted by Crippen LogP contribution is 2.27. The molecule has 5 rings (SSSR count). The minimum Gasteiger partial charge on any atom is -0.344 e. The predicted molar refractivity (Wildman–Crippen MR) is 102 cm³/mol. The van der Waals surface area contributed by atoms with Crippen LogP contribution in [-0.4, -0.2) is 50.6 Å². The second-order valence-corrected chi connectivity index (χ2v) is 7.43. The molecule has 138 valence electrons. The van der Waals surface area contributed by atoms with Crippen LogP contribution in [0.5, 0.6) is 0 Å². The molecule has 0 unspecified atom stereocenters. The van der Waals surface area contributed by atoms with Gasteiger partial charge in [0.15, 0.2) is 5.82 Å². The highest BCUT2D eigenvalue weighted by molar-refractivity contribution is 7.20. The fourth-order valence-electron chi connectivity index (χ4n) is 3.29. The normalized spacial score (nSPS) is 15.1. The first-order valence-electron chi connectivity index (χ1n) is 8.58. The summed E-state index contributed by atoms with van der Waals surface area (Å²) in [6, 6.07) is 4.55. The van der Waals surface area contributed by atoms with Crippen molar-refractivity contribution in [2.45, 2.75) is 0 Å². The van der Waals surface area contributed by atoms with E-state index in [1.165, 1.54) is 28.0 Å². The van der Waals surface area contributed by atoms with E-state index in [-0.39, 0.29) is 5.56 Å². The third-order valence-corrected chi connectivity index (χ3v) is 5.56. The van der Waals surface area contributed by atoms with Crippen molar-refractivity contribution < 1.29 is 4.39 Å². The first-order chi connectivity index (χ1) is 13.1. The summed E-state index contributed by atoms with van der Waals surface area (Å²) < 4.78 is 17.3. The lowest BCUT2D eigenvalue weighted by atomic mass is 10.1. The summed E-state index contributed by atoms with van der Waals surface area (Å²) in [6.45, 7) is 3.44. The second-order valence-electron chi connectivity index (χ2n) is 6.49. The summed E-state index contributed by atoms with van der Waals surface area (Å²) in [7, 11) is 1.74. The van der Waals surface area contributed by atoms with Gasteiger partial charge in [0, 0.05) is 56.4 Å². The van der Waals surface area contributed by atoms with Gasteiger partial charge in [-0.3, -0.25) is 9.48 Å². The lowest BCUT2D eigenvalue weighted by molar-refractivity contribution is 0.585. The molecule has 4 aromatic rings. The quantitative estimate of drug-likeness (QED) is 0.560. The number of aryl methyl sites for hydroxylation is 1. The lowest BCUT2D eigenvalue weighted by Crippen LogP contribution is -2.43. The minimum absolute atomic E-state index is 0.278. The Labute approximate surface area is 156 Å². The van der Waals surface area contributed by atoms with Gasteiger partial charge in [-0.25, -0.2) is 9.37 Å². The molecule has 1 aromatic carbocycles. The van der Waals surface area contributed by atoms with Crippen molar-refractivity contribution in [3.8, 4) is 11.3 Å². The Morgan fingerprint density at radius 3 is 2.81 bits per heavy atom. The van der Waals surface area contributed by atoms with E-state index in [1.807, 2.05) is 0 Å². The van der Waals surface area contributed by atoms with E-state index < -0.39 is 5.82 Å². The standard InChI is InChI=1S/C17H16FN7OS/c1-23-9-11-6-10(7-12(18)15(11)21-23)13-8-14(26)25-16(20-13)27-17(22-25)24-4-2-19-3-5-24/h6-9,19H,2-5H2,1H3. The van der Waals surface area contributed by atoms with Crippen molar-refractivity contribution in [1.29, 1.82) is 0 Å². The van der Waals surface area contributed by atoms with Crippen LogP contribution < -0.4 is 15.8 Å². The number of hydrogen-bond acceptors (Lipinski definition) is 7. The van der Waals surface area contributed by atoms with Crippen LogP contribution in [0.2, 0.25) is 0 Å². The first kappa shape index (κ1) is 16.3. The van der Waals surface area contributed by atoms with Gasteiger partial charge in [-0.15, -0.1) is 5.10 Å². The summed E-state index contributed by atoms with van der Waals surface area (Å²) in [5, 5.41) is 13.2. The summed E-state index contributed by atoms with van der Waals surface area (Å²) in [5.74, 6) is -0.434. The average Bonchev–Trinajstić information content (AvgIpc) is 3.26. The molecular formula is C17H16FN7OS. The molecule has 3 aromatic heterocycles. The average molecular weight is 385 g/mol. The largest absolute Gasteiger partial charge is 0.344 e. The number of nitrogens with one attached hydrogen (secondary N) is 1. The Balaban J connectivity index is 1.62. The molecule has 10 heteroatoms. The minimum atomic E-state index is -0.434. The van der Waals surface area contributed by atoms with Gasteiger partial charge in [0.05, 0.1) is 5.69 Å². The topological polar surface area (TPSA) is 80.4 Å². The zero-order chi connectivity index (χ0) is 18.5. The third-order valence-electron chi connectivity index (χ3n) is 4.59. The van der Waals surface area contributed by atoms with Gasteiger partial charge >= 0.3 is 0 Å². The maximum atomic E-state index is 14.4. The van der Waals surface area contributed by atoms with Gasteiger partial charge in [0.2, 0.25) is 10.1 Å². The zero-order valence-electron chi connectivity index (χ0n) is 14.5. The van der Waals surface area contributed by atoms with Crippen molar-refractivity contribution in [2.24, 2.45) is 7.05 Å². The van der Waals surface area contributed by atoms with E-state index in [2.05, 4.69) is 25.4 Å². The van der Waals surface area contributed by atoms with Crippen LogP contribution in [0, 0.1) is 5.82 Å². The Bertz CT molecular complexity index is 1220. The van der Waals surface area contributed by atoms with Crippen LogP contribution >= 0.6 is 11.3 Å². The molecule has 0 atom stereocenters. The number of nitrogens with zero attached hydrogens (tertiary/aromatic N) is 6. The molecule has 8 nitrogen and oxygen atoms in total. The van der Waals surface area contributed by atoms with Crippen LogP contribution in [0.3, 0.4) is 0 Å². The molecule has 1 aliphatic heterocycles. The molecule has 0 bridgehead atoms. The maximum Gasteiger partial charge on any atom is 0.275 e. The van der Waals surface area contributed by atoms with Gasteiger partial charge in [0.1, 0.15) is 5.52 Å². The van der Waals surface area contributed by atoms with Crippen molar-refractivity contribution >= 4 is 32.3 Å². The molecule has 0 spiro atoms. The smallest absolute Gasteiger partial charge is 0.275 e. The number of halogens is 1. The number of piperazine rings is 1. The van der Waals surface area contributed by atoms with Crippen LogP contribution in [0.4, 0.5) is 9.52 Å². The fourth-order valence-corrected chi connectivity index (χ4v) is 4.25. The maximum absolute atomic E-state index is 14.4. The SMILES string of the molecule is Cn1cc2cc(-c3cc(=O)n4nc(N5CCNCC5)sc4n3)cc(F)c2n1. The number of aromatic nitrogens is 5. The van der Waals surface area contributed by atoms with E-state index >= 15 is 0 Å². The van der Waals surface area contributed by atoms with Gasteiger partial charge in [0.25, 0.3) is 5.56 Å². The van der Waals surface area contributed by atoms with E-state index in [0.29, 0.717) is 27.1 Å². The van der Waals surface area contributed by atoms with Crippen LogP contribution in [0.25, 0.3) is 27.1 Å². The van der Waals surface area contributed by atoms with Gasteiger partial charge in [-0.05, 0) is 12.1 Å². The summed E-state index contributed by atoms with van der Waals surface area (Å²) >= 11 is 1.37. The molecule has 1 N–H and O–H groups in total. The molecule has 27 heavy (non-hydrogen) atoms. The van der Waals surface area contributed by atoms with Crippen LogP contribution in [0.1, 0.15) is 0 Å². The fraction of sp³-hybridized carbons (Fsp3) is 0.294. The first-order valence-corrected chi connectivity index (χ1v) is 9.40. The summed E-state index contributed by atoms with van der Waals surface area (Å²) in [5.41, 5.74) is 1.00. The Morgan fingerprint density at radius 1 is 1.19 bits per heavy atom. The van der Waals surface area contributed by atoms with Gasteiger partial charge in [-0.1, -0.05) is 11.3 Å². The highest BCUT2D eigenvalue weighted by Gasteiger charge is 2.18. The number of hydrogen-bond donors (Lipinski definition) is 1. The monoisotopic (exact) mass is 385 g/mol. The molecule has 0 aliphatic carbocycles. The van der Waals surface area contributed by atoms with Crippen molar-refractivity contribution in [3.63, 3.8) is 0 Å². The summed E-state index contributed by atoms with van der Waals surface area (Å²) in [6.07, 6.45) is 1.74. The van der Waals surface area contributed by atoms with E-state index in [4.69, 9.17) is 0 Å². The Morgan fingerprint density at radius 2 is 2.00 bits per heavy atom. The molecule has 0 radical (unpaired) electrons. The van der Waals surface area contributed by atoms with Crippen molar-refractivity contribution in [1.82, 2.24) is 29.7 Å². The van der Waals surface area contributed by atoms with Crippen LogP contribution in [0.15, 0.2) is 29.2 Å². The molecule has 4 heterocycles. The number of rotatable bonds is 2. The van der Waals surface area contributed by atoms with Crippen molar-refractivity contribution in [3.05, 3.63) is 40.6 Å². The van der Waals surface area contributed by atoms with E-state index in [0.717, 1.165) is 31.3 Å². The third kappa shape index (κ3) is 2.77. The zero-order valence-corrected chi connectivity index (χ0v) is 15.3. The molecule has 0 amide bonds. The Hall–Kier alpha value is -2.85. The highest BCUT2D eigenvalue weighted by atomic mass is 32.1. The molecule has 1 saturated heterocycles. The molecular weight excluding hydrogens is 369 g/mol. The molecule has 0 saturated carbocycles. The lowest BCUT2D eigenvalue weighted by Gasteiger charge is -2.26. The van der Waals surface area contributed by atoms with E-state index in [1.54, 1.807) is 24.0 Å². The molecule has 1 aliphatic rings. The number of anilines is 1. The van der Waals surface area contributed by atoms with Gasteiger partial charge < -0.3 is 10.2 Å². The second kappa shape index (κ2) is 6.10. The van der Waals surface area contributed by atoms with Crippen molar-refractivity contribution in [2.75, 3.05) is 31.1 Å². The summed E-state index contributed by atoms with van der Waals surface area (Å²) in [4.78, 5) is 19.7.